The van der Waals surface area contributed by atoms with Crippen molar-refractivity contribution in [3.05, 3.63) is 72.3 Å². The summed E-state index contributed by atoms with van der Waals surface area (Å²) in [6, 6.07) is 19.8. The number of amides is 2. The van der Waals surface area contributed by atoms with E-state index in [1.54, 1.807) is 24.0 Å². The Labute approximate surface area is 213 Å². The highest BCUT2D eigenvalue weighted by Gasteiger charge is 2.35. The number of sulfonamides is 1. The first-order chi connectivity index (χ1) is 17.3. The van der Waals surface area contributed by atoms with E-state index in [0.717, 1.165) is 29.2 Å². The molecule has 1 aliphatic rings. The Morgan fingerprint density at radius 1 is 0.972 bits per heavy atom. The second-order valence-electron chi connectivity index (χ2n) is 9.14. The Morgan fingerprint density at radius 3 is 2.42 bits per heavy atom. The first-order valence-electron chi connectivity index (χ1n) is 12.5. The highest BCUT2D eigenvalue weighted by Crippen LogP contribution is 2.42. The molecule has 1 N–H and O–H groups in total. The van der Waals surface area contributed by atoms with Crippen molar-refractivity contribution in [1.29, 1.82) is 0 Å². The van der Waals surface area contributed by atoms with E-state index in [4.69, 9.17) is 0 Å². The molecular weight excluding hydrogens is 474 g/mol. The van der Waals surface area contributed by atoms with E-state index in [0.29, 0.717) is 30.1 Å². The summed E-state index contributed by atoms with van der Waals surface area (Å²) >= 11 is 0. The average molecular weight is 508 g/mol. The summed E-state index contributed by atoms with van der Waals surface area (Å²) in [5.74, 6) is -0.360. The lowest BCUT2D eigenvalue weighted by molar-refractivity contribution is -0.140. The van der Waals surface area contributed by atoms with Crippen LogP contribution < -0.4 is 9.62 Å². The van der Waals surface area contributed by atoms with Crippen LogP contribution in [0, 0.1) is 0 Å². The average Bonchev–Trinajstić information content (AvgIpc) is 3.10. The molecule has 0 aliphatic carbocycles. The van der Waals surface area contributed by atoms with Gasteiger partial charge in [-0.25, -0.2) is 8.42 Å². The van der Waals surface area contributed by atoms with Gasteiger partial charge in [-0.3, -0.25) is 13.9 Å². The lowest BCUT2D eigenvalue weighted by atomic mass is 10.1. The smallest absolute Gasteiger partial charge is 0.265 e. The molecule has 4 rings (SSSR count). The molecule has 7 nitrogen and oxygen atoms in total. The fourth-order valence-corrected chi connectivity index (χ4v) is 6.36. The number of nitrogens with one attached hydrogen (secondary N) is 1. The van der Waals surface area contributed by atoms with Gasteiger partial charge in [-0.2, -0.15) is 0 Å². The molecule has 0 radical (unpaired) electrons. The van der Waals surface area contributed by atoms with Gasteiger partial charge in [0, 0.05) is 31.4 Å². The minimum Gasteiger partial charge on any atom is -0.354 e. The Bertz CT molecular complexity index is 1340. The molecule has 1 heterocycles. The Hall–Kier alpha value is -3.39. The minimum absolute atomic E-state index is 0.137. The number of carbonyl (C=O) groups excluding carboxylic acids is 2. The standard InChI is InChI=1S/C28H33N3O4S/c1-3-4-18-29-28(33)21(2)30(20-22-11-6-5-7-12-22)26(32)17-10-19-31-24-15-8-13-23-14-9-16-25(27(23)24)36(31,34)35/h5-9,11-16,21H,3-4,10,17-20H2,1-2H3,(H,29,33)/t21-/m0/s1. The van der Waals surface area contributed by atoms with Crippen LogP contribution in [-0.2, 0) is 26.2 Å². The van der Waals surface area contributed by atoms with Gasteiger partial charge < -0.3 is 10.2 Å². The predicted molar refractivity (Wildman–Crippen MR) is 142 cm³/mol. The van der Waals surface area contributed by atoms with Crippen LogP contribution in [0.2, 0.25) is 0 Å². The molecular formula is C28H33N3O4S. The molecule has 2 amide bonds. The van der Waals surface area contributed by atoms with Crippen LogP contribution in [0.25, 0.3) is 10.8 Å². The second-order valence-corrected chi connectivity index (χ2v) is 11.0. The van der Waals surface area contributed by atoms with Gasteiger partial charge >= 0.3 is 0 Å². The summed E-state index contributed by atoms with van der Waals surface area (Å²) in [5.41, 5.74) is 1.59. The van der Waals surface area contributed by atoms with Crippen LogP contribution in [0.3, 0.4) is 0 Å². The third-order valence-corrected chi connectivity index (χ3v) is 8.48. The number of benzene rings is 3. The molecule has 0 saturated carbocycles. The summed E-state index contributed by atoms with van der Waals surface area (Å²) in [6.07, 6.45) is 2.33. The maximum absolute atomic E-state index is 13.3. The number of carbonyl (C=O) groups is 2. The van der Waals surface area contributed by atoms with Crippen LogP contribution in [0.4, 0.5) is 5.69 Å². The van der Waals surface area contributed by atoms with Gasteiger partial charge in [0.1, 0.15) is 6.04 Å². The van der Waals surface area contributed by atoms with E-state index < -0.39 is 16.1 Å². The zero-order chi connectivity index (χ0) is 25.7. The largest absolute Gasteiger partial charge is 0.354 e. The van der Waals surface area contributed by atoms with Gasteiger partial charge in [0.05, 0.1) is 10.6 Å². The molecule has 0 fully saturated rings. The van der Waals surface area contributed by atoms with Crippen molar-refractivity contribution in [2.45, 2.75) is 57.0 Å². The van der Waals surface area contributed by atoms with Crippen molar-refractivity contribution in [3.8, 4) is 0 Å². The van der Waals surface area contributed by atoms with Crippen molar-refractivity contribution >= 4 is 38.3 Å². The number of rotatable bonds is 11. The zero-order valence-corrected chi connectivity index (χ0v) is 21.6. The summed E-state index contributed by atoms with van der Waals surface area (Å²) in [4.78, 5) is 28.0. The van der Waals surface area contributed by atoms with Gasteiger partial charge in [0.25, 0.3) is 10.0 Å². The maximum atomic E-state index is 13.3. The number of anilines is 1. The van der Waals surface area contributed by atoms with Crippen molar-refractivity contribution in [1.82, 2.24) is 10.2 Å². The number of nitrogens with zero attached hydrogens (tertiary/aromatic N) is 2. The van der Waals surface area contributed by atoms with E-state index in [1.165, 1.54) is 4.31 Å². The molecule has 0 aromatic heterocycles. The maximum Gasteiger partial charge on any atom is 0.265 e. The first kappa shape index (κ1) is 25.7. The fourth-order valence-electron chi connectivity index (χ4n) is 4.62. The Balaban J connectivity index is 1.46. The monoisotopic (exact) mass is 507 g/mol. The van der Waals surface area contributed by atoms with Crippen molar-refractivity contribution < 1.29 is 18.0 Å². The first-order valence-corrected chi connectivity index (χ1v) is 13.9. The third-order valence-electron chi connectivity index (χ3n) is 6.63. The molecule has 3 aromatic rings. The molecule has 8 heteroatoms. The Morgan fingerprint density at radius 2 is 1.69 bits per heavy atom. The van der Waals surface area contributed by atoms with E-state index in [1.807, 2.05) is 54.6 Å². The molecule has 36 heavy (non-hydrogen) atoms. The van der Waals surface area contributed by atoms with Crippen LogP contribution in [0.1, 0.15) is 45.1 Å². The van der Waals surface area contributed by atoms with E-state index in [-0.39, 0.29) is 24.8 Å². The highest BCUT2D eigenvalue weighted by atomic mass is 32.2. The topological polar surface area (TPSA) is 86.8 Å². The van der Waals surface area contributed by atoms with Crippen molar-refractivity contribution in [2.24, 2.45) is 0 Å². The van der Waals surface area contributed by atoms with E-state index in [9.17, 15) is 18.0 Å². The fraction of sp³-hybridized carbons (Fsp3) is 0.357. The summed E-state index contributed by atoms with van der Waals surface area (Å²) in [5, 5.41) is 4.53. The van der Waals surface area contributed by atoms with E-state index in [2.05, 4.69) is 12.2 Å². The molecule has 3 aromatic carbocycles. The zero-order valence-electron chi connectivity index (χ0n) is 20.8. The second kappa shape index (κ2) is 11.1. The quantitative estimate of drug-likeness (QED) is 0.388. The van der Waals surface area contributed by atoms with Crippen LogP contribution in [0.5, 0.6) is 0 Å². The van der Waals surface area contributed by atoms with Gasteiger partial charge in [-0.1, -0.05) is 67.9 Å². The predicted octanol–water partition coefficient (Wildman–Crippen LogP) is 4.46. The highest BCUT2D eigenvalue weighted by molar-refractivity contribution is 7.93. The van der Waals surface area contributed by atoms with Crippen LogP contribution in [-0.4, -0.2) is 44.3 Å². The third kappa shape index (κ3) is 5.23. The normalized spacial score (nSPS) is 14.6. The molecule has 0 bridgehead atoms. The van der Waals surface area contributed by atoms with Gasteiger partial charge in [-0.15, -0.1) is 0 Å². The SMILES string of the molecule is CCCCNC(=O)[C@H](C)N(Cc1ccccc1)C(=O)CCCN1c2cccc3cccc(c23)S1(=O)=O. The molecule has 0 spiro atoms. The number of hydrogen-bond acceptors (Lipinski definition) is 4. The van der Waals surface area contributed by atoms with Gasteiger partial charge in [-0.05, 0) is 42.8 Å². The Kier molecular flexibility index (Phi) is 7.94. The van der Waals surface area contributed by atoms with Crippen LogP contribution >= 0.6 is 0 Å². The lowest BCUT2D eigenvalue weighted by Gasteiger charge is -2.29. The number of unbranched alkanes of at least 4 members (excludes halogenated alkanes) is 1. The summed E-state index contributed by atoms with van der Waals surface area (Å²) < 4.78 is 27.8. The molecule has 0 saturated heterocycles. The number of hydrogen-bond donors (Lipinski definition) is 1. The van der Waals surface area contributed by atoms with Crippen molar-refractivity contribution in [2.75, 3.05) is 17.4 Å². The summed E-state index contributed by atoms with van der Waals surface area (Å²) in [7, 11) is -3.66. The molecule has 190 valence electrons. The lowest BCUT2D eigenvalue weighted by Crippen LogP contribution is -2.47. The molecule has 1 aliphatic heterocycles. The summed E-state index contributed by atoms with van der Waals surface area (Å²) in [6.45, 7) is 4.88. The van der Waals surface area contributed by atoms with Crippen LogP contribution in [0.15, 0.2) is 71.6 Å². The van der Waals surface area contributed by atoms with Crippen molar-refractivity contribution in [3.63, 3.8) is 0 Å². The molecule has 0 unspecified atom stereocenters. The molecule has 1 atom stereocenters. The minimum atomic E-state index is -3.66. The van der Waals surface area contributed by atoms with Gasteiger partial charge in [0.15, 0.2) is 0 Å². The van der Waals surface area contributed by atoms with Gasteiger partial charge in [0.2, 0.25) is 11.8 Å². The van der Waals surface area contributed by atoms with E-state index >= 15 is 0 Å².